The van der Waals surface area contributed by atoms with Crippen molar-refractivity contribution in [2.24, 2.45) is 0 Å². The summed E-state index contributed by atoms with van der Waals surface area (Å²) >= 11 is 0. The Labute approximate surface area is 145 Å². The zero-order valence-electron chi connectivity index (χ0n) is 13.7. The Hall–Kier alpha value is -2.13. The fourth-order valence-corrected chi connectivity index (χ4v) is 3.10. The monoisotopic (exact) mass is 368 g/mol. The smallest absolute Gasteiger partial charge is 0.226 e. The molecule has 25 heavy (non-hydrogen) atoms. The van der Waals surface area contributed by atoms with Gasteiger partial charge >= 0.3 is 0 Å². The Morgan fingerprint density at radius 3 is 2.32 bits per heavy atom. The highest BCUT2D eigenvalue weighted by Gasteiger charge is 2.18. The molecule has 0 unspecified atom stereocenters. The predicted octanol–water partition coefficient (Wildman–Crippen LogP) is 2.07. The van der Waals surface area contributed by atoms with E-state index in [0.29, 0.717) is 17.3 Å². The predicted molar refractivity (Wildman–Crippen MR) is 90.5 cm³/mol. The fraction of sp³-hybridized carbons (Fsp3) is 0.375. The summed E-state index contributed by atoms with van der Waals surface area (Å²) < 4.78 is 52.1. The van der Waals surface area contributed by atoms with Gasteiger partial charge in [-0.1, -0.05) is 0 Å². The molecule has 134 valence electrons. The maximum atomic E-state index is 13.5. The van der Waals surface area contributed by atoms with Gasteiger partial charge in [-0.25, -0.2) is 31.9 Å². The lowest BCUT2D eigenvalue weighted by molar-refractivity contribution is 0.584. The first-order valence-electron chi connectivity index (χ1n) is 7.84. The lowest BCUT2D eigenvalue weighted by Crippen LogP contribution is -2.24. The van der Waals surface area contributed by atoms with E-state index < -0.39 is 21.7 Å². The first kappa shape index (κ1) is 17.7. The summed E-state index contributed by atoms with van der Waals surface area (Å²) in [5, 5.41) is 0. The Balaban J connectivity index is 2.02. The van der Waals surface area contributed by atoms with Gasteiger partial charge in [0.25, 0.3) is 0 Å². The van der Waals surface area contributed by atoms with E-state index in [-0.39, 0.29) is 12.1 Å². The molecule has 9 heteroatoms. The number of nitrogens with zero attached hydrogens (tertiary/aromatic N) is 3. The Kier molecular flexibility index (Phi) is 4.96. The van der Waals surface area contributed by atoms with Crippen LogP contribution in [0.3, 0.4) is 0 Å². The third kappa shape index (κ3) is 4.70. The minimum atomic E-state index is -3.39. The van der Waals surface area contributed by atoms with Gasteiger partial charge in [0.15, 0.2) is 0 Å². The van der Waals surface area contributed by atoms with Crippen molar-refractivity contribution in [3.05, 3.63) is 41.6 Å². The zero-order valence-corrected chi connectivity index (χ0v) is 14.5. The van der Waals surface area contributed by atoms with Gasteiger partial charge in [0.2, 0.25) is 16.0 Å². The molecule has 0 aliphatic carbocycles. The Morgan fingerprint density at radius 1 is 1.08 bits per heavy atom. The summed E-state index contributed by atoms with van der Waals surface area (Å²) in [4.78, 5) is 10.8. The van der Waals surface area contributed by atoms with Gasteiger partial charge in [-0.05, 0) is 31.0 Å². The summed E-state index contributed by atoms with van der Waals surface area (Å²) in [7, 11) is -3.39. The average Bonchev–Trinajstić information content (AvgIpc) is 3.05. The minimum Gasteiger partial charge on any atom is -0.341 e. The van der Waals surface area contributed by atoms with Crippen LogP contribution in [0.1, 0.15) is 18.5 Å². The van der Waals surface area contributed by atoms with Crippen LogP contribution < -0.4 is 9.62 Å². The van der Waals surface area contributed by atoms with Crippen molar-refractivity contribution in [2.75, 3.05) is 24.2 Å². The topological polar surface area (TPSA) is 75.2 Å². The quantitative estimate of drug-likeness (QED) is 0.875. The number of benzene rings is 1. The lowest BCUT2D eigenvalue weighted by Gasteiger charge is -2.17. The summed E-state index contributed by atoms with van der Waals surface area (Å²) in [5.74, 6) is -0.968. The molecule has 1 aromatic heterocycles. The molecule has 1 N–H and O–H groups in total. The number of hydrogen-bond donors (Lipinski definition) is 1. The number of sulfonamides is 1. The molecule has 2 aromatic rings. The molecule has 6 nitrogen and oxygen atoms in total. The van der Waals surface area contributed by atoms with Crippen LogP contribution in [0.15, 0.2) is 24.3 Å². The molecule has 0 bridgehead atoms. The summed E-state index contributed by atoms with van der Waals surface area (Å²) in [6, 6.07) is 4.70. The molecule has 1 aliphatic rings. The zero-order chi connectivity index (χ0) is 18.0. The van der Waals surface area contributed by atoms with Crippen molar-refractivity contribution in [3.8, 4) is 11.3 Å². The van der Waals surface area contributed by atoms with E-state index in [9.17, 15) is 17.2 Å². The molecule has 1 saturated heterocycles. The first-order valence-corrected chi connectivity index (χ1v) is 9.73. The summed E-state index contributed by atoms with van der Waals surface area (Å²) in [5.41, 5.74) is 1.06. The van der Waals surface area contributed by atoms with Gasteiger partial charge in [0.1, 0.15) is 11.6 Å². The van der Waals surface area contributed by atoms with E-state index in [0.717, 1.165) is 38.3 Å². The maximum Gasteiger partial charge on any atom is 0.226 e. The van der Waals surface area contributed by atoms with Gasteiger partial charge in [0.05, 0.1) is 24.2 Å². The van der Waals surface area contributed by atoms with Gasteiger partial charge in [-0.3, -0.25) is 0 Å². The van der Waals surface area contributed by atoms with Crippen LogP contribution in [0.5, 0.6) is 0 Å². The van der Waals surface area contributed by atoms with Gasteiger partial charge < -0.3 is 4.90 Å². The lowest BCUT2D eigenvalue weighted by atomic mass is 10.1. The molecule has 1 aliphatic heterocycles. The largest absolute Gasteiger partial charge is 0.341 e. The highest BCUT2D eigenvalue weighted by Crippen LogP contribution is 2.24. The van der Waals surface area contributed by atoms with Crippen molar-refractivity contribution < 1.29 is 17.2 Å². The molecule has 2 heterocycles. The van der Waals surface area contributed by atoms with Crippen LogP contribution in [0.25, 0.3) is 11.3 Å². The molecule has 1 fully saturated rings. The highest BCUT2D eigenvalue weighted by atomic mass is 32.2. The van der Waals surface area contributed by atoms with E-state index in [2.05, 4.69) is 14.7 Å². The van der Waals surface area contributed by atoms with Crippen LogP contribution >= 0.6 is 0 Å². The number of hydrogen-bond acceptors (Lipinski definition) is 5. The van der Waals surface area contributed by atoms with Gasteiger partial charge in [-0.15, -0.1) is 0 Å². The van der Waals surface area contributed by atoms with Crippen molar-refractivity contribution >= 4 is 16.0 Å². The standard InChI is InChI=1S/C16H18F2N4O2S/c1-25(23,24)19-10-14-9-15(11-6-12(17)8-13(18)7-11)21-16(20-14)22-4-2-3-5-22/h6-9,19H,2-5,10H2,1H3. The number of nitrogens with one attached hydrogen (secondary N) is 1. The van der Waals surface area contributed by atoms with Crippen molar-refractivity contribution in [1.29, 1.82) is 0 Å². The summed E-state index contributed by atoms with van der Waals surface area (Å²) in [6.07, 6.45) is 3.08. The van der Waals surface area contributed by atoms with E-state index in [4.69, 9.17) is 0 Å². The Morgan fingerprint density at radius 2 is 1.72 bits per heavy atom. The number of aromatic nitrogens is 2. The fourth-order valence-electron chi connectivity index (χ4n) is 2.69. The van der Waals surface area contributed by atoms with Crippen molar-refractivity contribution in [2.45, 2.75) is 19.4 Å². The molecule has 3 rings (SSSR count). The molecule has 0 atom stereocenters. The van der Waals surface area contributed by atoms with Crippen LogP contribution in [-0.2, 0) is 16.6 Å². The number of anilines is 1. The van der Waals surface area contributed by atoms with E-state index in [1.54, 1.807) is 0 Å². The molecule has 0 amide bonds. The summed E-state index contributed by atoms with van der Waals surface area (Å²) in [6.45, 7) is 1.56. The number of rotatable bonds is 5. The van der Waals surface area contributed by atoms with Crippen molar-refractivity contribution in [3.63, 3.8) is 0 Å². The molecular formula is C16H18F2N4O2S. The van der Waals surface area contributed by atoms with Crippen LogP contribution in [-0.4, -0.2) is 37.7 Å². The first-order chi connectivity index (χ1) is 11.8. The molecular weight excluding hydrogens is 350 g/mol. The third-order valence-electron chi connectivity index (χ3n) is 3.83. The second-order valence-corrected chi connectivity index (χ2v) is 7.82. The molecule has 0 spiro atoms. The normalized spacial score (nSPS) is 14.9. The SMILES string of the molecule is CS(=O)(=O)NCc1cc(-c2cc(F)cc(F)c2)nc(N2CCCC2)n1. The Bertz CT molecular complexity index is 863. The second kappa shape index (κ2) is 7.01. The minimum absolute atomic E-state index is 0.0208. The number of halogens is 2. The van der Waals surface area contributed by atoms with Crippen LogP contribution in [0.2, 0.25) is 0 Å². The maximum absolute atomic E-state index is 13.5. The average molecular weight is 368 g/mol. The van der Waals surface area contributed by atoms with Crippen molar-refractivity contribution in [1.82, 2.24) is 14.7 Å². The second-order valence-electron chi connectivity index (χ2n) is 5.99. The van der Waals surface area contributed by atoms with Crippen LogP contribution in [0, 0.1) is 11.6 Å². The van der Waals surface area contributed by atoms with Gasteiger partial charge in [0, 0.05) is 24.7 Å². The molecule has 0 radical (unpaired) electrons. The van der Waals surface area contributed by atoms with E-state index in [1.165, 1.54) is 18.2 Å². The third-order valence-corrected chi connectivity index (χ3v) is 4.50. The van der Waals surface area contributed by atoms with Gasteiger partial charge in [-0.2, -0.15) is 0 Å². The molecule has 1 aromatic carbocycles. The van der Waals surface area contributed by atoms with Crippen LogP contribution in [0.4, 0.5) is 14.7 Å². The van der Waals surface area contributed by atoms with E-state index >= 15 is 0 Å². The van der Waals surface area contributed by atoms with E-state index in [1.807, 2.05) is 4.90 Å². The molecule has 0 saturated carbocycles. The highest BCUT2D eigenvalue weighted by molar-refractivity contribution is 7.88.